The summed E-state index contributed by atoms with van der Waals surface area (Å²) in [6.45, 7) is 0.256. The molecule has 0 bridgehead atoms. The predicted molar refractivity (Wildman–Crippen MR) is 95.0 cm³/mol. The van der Waals surface area contributed by atoms with Crippen molar-refractivity contribution in [3.63, 3.8) is 0 Å². The highest BCUT2D eigenvalue weighted by molar-refractivity contribution is 8.15. The molecule has 0 N–H and O–H groups in total. The Hall–Kier alpha value is -2.25. The molecule has 5 nitrogen and oxygen atoms in total. The summed E-state index contributed by atoms with van der Waals surface area (Å²) < 4.78 is 23.6. The quantitative estimate of drug-likeness (QED) is 0.785. The minimum atomic E-state index is -0.555. The summed E-state index contributed by atoms with van der Waals surface area (Å²) in [7, 11) is 0. The van der Waals surface area contributed by atoms with E-state index in [-0.39, 0.29) is 30.3 Å². The molecule has 2 aromatic rings. The number of fused-ring (bicyclic) bond motifs is 1. The Kier molecular flexibility index (Phi) is 4.50. The zero-order valence-electron chi connectivity index (χ0n) is 13.4. The molecule has 4 rings (SSSR count). The third-order valence-corrected chi connectivity index (χ3v) is 5.63. The van der Waals surface area contributed by atoms with Gasteiger partial charge in [0, 0.05) is 11.1 Å². The molecular weight excluding hydrogens is 381 g/mol. The fourth-order valence-electron chi connectivity index (χ4n) is 2.86. The van der Waals surface area contributed by atoms with E-state index in [1.807, 2.05) is 0 Å². The highest BCUT2D eigenvalue weighted by atomic mass is 35.5. The number of amides is 2. The van der Waals surface area contributed by atoms with Crippen LogP contribution in [0.25, 0.3) is 0 Å². The fraction of sp³-hybridized carbons (Fsp3) is 0.222. The van der Waals surface area contributed by atoms with E-state index in [4.69, 9.17) is 21.1 Å². The molecule has 2 amide bonds. The molecule has 0 aliphatic carbocycles. The average molecular weight is 394 g/mol. The van der Waals surface area contributed by atoms with Crippen molar-refractivity contribution < 1.29 is 23.5 Å². The van der Waals surface area contributed by atoms with E-state index < -0.39 is 5.25 Å². The number of ether oxygens (including phenoxy) is 2. The Labute approximate surface area is 158 Å². The van der Waals surface area contributed by atoms with Crippen molar-refractivity contribution in [2.24, 2.45) is 0 Å². The number of rotatable bonds is 4. The molecule has 134 valence electrons. The number of halogens is 2. The monoisotopic (exact) mass is 393 g/mol. The lowest BCUT2D eigenvalue weighted by Gasteiger charge is -2.14. The van der Waals surface area contributed by atoms with E-state index in [0.717, 1.165) is 17.3 Å². The lowest BCUT2D eigenvalue weighted by Crippen LogP contribution is -2.31. The number of carbonyl (C=O) groups is 2. The van der Waals surface area contributed by atoms with Crippen molar-refractivity contribution in [2.75, 3.05) is 6.79 Å². The van der Waals surface area contributed by atoms with Crippen LogP contribution in [0.5, 0.6) is 11.5 Å². The summed E-state index contributed by atoms with van der Waals surface area (Å²) >= 11 is 7.23. The number of thioether (sulfide) groups is 1. The van der Waals surface area contributed by atoms with Crippen molar-refractivity contribution in [2.45, 2.75) is 18.2 Å². The number of hydrogen-bond donors (Lipinski definition) is 0. The maximum Gasteiger partial charge on any atom is 0.289 e. The Bertz CT molecular complexity index is 890. The molecule has 1 atom stereocenters. The van der Waals surface area contributed by atoms with Gasteiger partial charge in [-0.15, -0.1) is 0 Å². The summed E-state index contributed by atoms with van der Waals surface area (Å²) in [5.74, 6) is 0.503. The van der Waals surface area contributed by atoms with E-state index in [1.165, 1.54) is 17.0 Å². The number of nitrogens with zero attached hydrogens (tertiary/aromatic N) is 1. The van der Waals surface area contributed by atoms with Crippen LogP contribution in [-0.4, -0.2) is 28.1 Å². The third kappa shape index (κ3) is 3.24. The fourth-order valence-corrected chi connectivity index (χ4v) is 4.11. The largest absolute Gasteiger partial charge is 0.454 e. The van der Waals surface area contributed by atoms with Crippen molar-refractivity contribution in [3.05, 3.63) is 58.4 Å². The molecule has 2 aliphatic rings. The van der Waals surface area contributed by atoms with Crippen LogP contribution >= 0.6 is 23.4 Å². The second kappa shape index (κ2) is 6.81. The molecule has 8 heteroatoms. The van der Waals surface area contributed by atoms with Gasteiger partial charge in [0.05, 0.1) is 11.8 Å². The van der Waals surface area contributed by atoms with Crippen LogP contribution in [0.1, 0.15) is 11.1 Å². The van der Waals surface area contributed by atoms with Gasteiger partial charge in [-0.3, -0.25) is 14.5 Å². The van der Waals surface area contributed by atoms with Gasteiger partial charge in [-0.05, 0) is 35.7 Å². The van der Waals surface area contributed by atoms with Crippen LogP contribution in [-0.2, 0) is 17.8 Å². The molecule has 0 radical (unpaired) electrons. The SMILES string of the molecule is O=C1S[C@@H](Cc2cc3c(cc2Cl)OCO3)C(=O)N1Cc1ccc(F)cc1. The van der Waals surface area contributed by atoms with E-state index in [9.17, 15) is 14.0 Å². The lowest BCUT2D eigenvalue weighted by molar-refractivity contribution is -0.127. The van der Waals surface area contributed by atoms with E-state index in [0.29, 0.717) is 28.5 Å². The van der Waals surface area contributed by atoms with Gasteiger partial charge in [0.15, 0.2) is 11.5 Å². The Balaban J connectivity index is 1.50. The Morgan fingerprint density at radius 2 is 1.85 bits per heavy atom. The molecule has 2 heterocycles. The maximum atomic E-state index is 13.0. The number of carbonyl (C=O) groups excluding carboxylic acids is 2. The van der Waals surface area contributed by atoms with Gasteiger partial charge in [0.2, 0.25) is 12.7 Å². The minimum Gasteiger partial charge on any atom is -0.454 e. The van der Waals surface area contributed by atoms with E-state index in [1.54, 1.807) is 24.3 Å². The average Bonchev–Trinajstić information content (AvgIpc) is 3.16. The zero-order chi connectivity index (χ0) is 18.3. The Morgan fingerprint density at radius 1 is 1.15 bits per heavy atom. The standard InChI is InChI=1S/C18H13ClFNO4S/c19-13-7-15-14(24-9-25-15)5-11(13)6-16-17(22)21(18(23)26-16)8-10-1-3-12(20)4-2-10/h1-5,7,16H,6,8-9H2/t16-/m0/s1. The van der Waals surface area contributed by atoms with Crippen LogP contribution in [0.4, 0.5) is 9.18 Å². The molecule has 0 spiro atoms. The normalized spacial score (nSPS) is 18.7. The molecule has 0 unspecified atom stereocenters. The number of benzene rings is 2. The van der Waals surface area contributed by atoms with Gasteiger partial charge in [-0.1, -0.05) is 35.5 Å². The van der Waals surface area contributed by atoms with E-state index >= 15 is 0 Å². The van der Waals surface area contributed by atoms with Crippen molar-refractivity contribution in [1.29, 1.82) is 0 Å². The van der Waals surface area contributed by atoms with Gasteiger partial charge in [0.25, 0.3) is 5.24 Å². The summed E-state index contributed by atoms with van der Waals surface area (Å²) in [5, 5.41) is -0.408. The van der Waals surface area contributed by atoms with Gasteiger partial charge in [-0.25, -0.2) is 4.39 Å². The first-order chi connectivity index (χ1) is 12.5. The van der Waals surface area contributed by atoms with Crippen molar-refractivity contribution in [3.8, 4) is 11.5 Å². The molecule has 0 aromatic heterocycles. The molecule has 1 fully saturated rings. The topological polar surface area (TPSA) is 55.8 Å². The molecule has 0 saturated carbocycles. The zero-order valence-corrected chi connectivity index (χ0v) is 15.0. The lowest BCUT2D eigenvalue weighted by atomic mass is 10.1. The summed E-state index contributed by atoms with van der Waals surface area (Å²) in [6.07, 6.45) is 0.310. The molecule has 2 aromatic carbocycles. The van der Waals surface area contributed by atoms with Gasteiger partial charge in [-0.2, -0.15) is 0 Å². The first-order valence-electron chi connectivity index (χ1n) is 7.86. The highest BCUT2D eigenvalue weighted by Gasteiger charge is 2.39. The summed E-state index contributed by atoms with van der Waals surface area (Å²) in [5.41, 5.74) is 1.41. The van der Waals surface area contributed by atoms with Crippen LogP contribution in [0.2, 0.25) is 5.02 Å². The second-order valence-electron chi connectivity index (χ2n) is 5.92. The number of hydrogen-bond acceptors (Lipinski definition) is 5. The van der Waals surface area contributed by atoms with E-state index in [2.05, 4.69) is 0 Å². The number of imide groups is 1. The van der Waals surface area contributed by atoms with Crippen molar-refractivity contribution in [1.82, 2.24) is 4.90 Å². The van der Waals surface area contributed by atoms with Crippen molar-refractivity contribution >= 4 is 34.5 Å². The second-order valence-corrected chi connectivity index (χ2v) is 7.49. The highest BCUT2D eigenvalue weighted by Crippen LogP contribution is 2.39. The molecule has 2 aliphatic heterocycles. The van der Waals surface area contributed by atoms with Gasteiger partial charge in [0.1, 0.15) is 5.82 Å². The smallest absolute Gasteiger partial charge is 0.289 e. The summed E-state index contributed by atoms with van der Waals surface area (Å²) in [4.78, 5) is 26.1. The first-order valence-corrected chi connectivity index (χ1v) is 9.11. The predicted octanol–water partition coefficient (Wildman–Crippen LogP) is 4.01. The van der Waals surface area contributed by atoms with Crippen LogP contribution in [0.15, 0.2) is 36.4 Å². The minimum absolute atomic E-state index is 0.121. The third-order valence-electron chi connectivity index (χ3n) is 4.21. The Morgan fingerprint density at radius 3 is 2.58 bits per heavy atom. The maximum absolute atomic E-state index is 13.0. The van der Waals surface area contributed by atoms with Crippen LogP contribution in [0, 0.1) is 5.82 Å². The molecule has 1 saturated heterocycles. The summed E-state index contributed by atoms with van der Waals surface area (Å²) in [6, 6.07) is 9.12. The first kappa shape index (κ1) is 17.2. The van der Waals surface area contributed by atoms with Crippen LogP contribution < -0.4 is 9.47 Å². The molecule has 26 heavy (non-hydrogen) atoms. The van der Waals surface area contributed by atoms with Gasteiger partial charge < -0.3 is 9.47 Å². The van der Waals surface area contributed by atoms with Crippen LogP contribution in [0.3, 0.4) is 0 Å². The molecular formula is C18H13ClFNO4S. The van der Waals surface area contributed by atoms with Gasteiger partial charge >= 0.3 is 0 Å².